The Morgan fingerprint density at radius 2 is 1.89 bits per heavy atom. The van der Waals surface area contributed by atoms with E-state index in [1.54, 1.807) is 0 Å². The molecule has 2 atom stereocenters. The number of nitrogens with one attached hydrogen (secondary N) is 1. The average Bonchev–Trinajstić information content (AvgIpc) is 2.11. The summed E-state index contributed by atoms with van der Waals surface area (Å²) in [6, 6.07) is 3.21. The third-order valence-corrected chi connectivity index (χ3v) is 4.39. The molecule has 1 aliphatic carbocycles. The Morgan fingerprint density at radius 1 is 1.22 bits per heavy atom. The van der Waals surface area contributed by atoms with Gasteiger partial charge in [0.25, 0.3) is 0 Å². The molecule has 2 heteroatoms. The molecule has 2 unspecified atom stereocenters. The van der Waals surface area contributed by atoms with Crippen molar-refractivity contribution >= 4 is 0 Å². The SMILES string of the molecule is Cc1cc(C)c(C(C)NC(C)C2CCC2)c(C)n1. The minimum atomic E-state index is 0.397. The van der Waals surface area contributed by atoms with Crippen LogP contribution in [-0.4, -0.2) is 11.0 Å². The summed E-state index contributed by atoms with van der Waals surface area (Å²) in [5, 5.41) is 3.76. The van der Waals surface area contributed by atoms with Gasteiger partial charge in [0.15, 0.2) is 0 Å². The summed E-state index contributed by atoms with van der Waals surface area (Å²) in [6.45, 7) is 11.0. The van der Waals surface area contributed by atoms with E-state index in [0.29, 0.717) is 12.1 Å². The van der Waals surface area contributed by atoms with Crippen molar-refractivity contribution in [2.24, 2.45) is 5.92 Å². The summed E-state index contributed by atoms with van der Waals surface area (Å²) in [5.74, 6) is 0.881. The molecule has 1 aromatic rings. The van der Waals surface area contributed by atoms with Crippen molar-refractivity contribution in [3.63, 3.8) is 0 Å². The highest BCUT2D eigenvalue weighted by Crippen LogP contribution is 2.31. The Morgan fingerprint density at radius 3 is 2.39 bits per heavy atom. The Labute approximate surface area is 111 Å². The van der Waals surface area contributed by atoms with Gasteiger partial charge in [-0.2, -0.15) is 0 Å². The summed E-state index contributed by atoms with van der Waals surface area (Å²) in [7, 11) is 0. The Kier molecular flexibility index (Phi) is 4.06. The van der Waals surface area contributed by atoms with E-state index in [0.717, 1.165) is 11.6 Å². The van der Waals surface area contributed by atoms with Gasteiger partial charge >= 0.3 is 0 Å². The Balaban J connectivity index is 2.10. The van der Waals surface area contributed by atoms with Crippen LogP contribution in [0.25, 0.3) is 0 Å². The molecule has 0 saturated heterocycles. The predicted octanol–water partition coefficient (Wildman–Crippen LogP) is 3.85. The summed E-state index contributed by atoms with van der Waals surface area (Å²) in [4.78, 5) is 4.60. The van der Waals surface area contributed by atoms with Gasteiger partial charge in [-0.1, -0.05) is 6.42 Å². The fraction of sp³-hybridized carbons (Fsp3) is 0.688. The van der Waals surface area contributed by atoms with Crippen molar-refractivity contribution in [3.05, 3.63) is 28.6 Å². The predicted molar refractivity (Wildman–Crippen MR) is 76.8 cm³/mol. The molecule has 2 rings (SSSR count). The van der Waals surface area contributed by atoms with Gasteiger partial charge in [0.05, 0.1) is 0 Å². The van der Waals surface area contributed by atoms with E-state index in [-0.39, 0.29) is 0 Å². The summed E-state index contributed by atoms with van der Waals surface area (Å²) in [6.07, 6.45) is 4.20. The number of aromatic nitrogens is 1. The average molecular weight is 246 g/mol. The first-order valence-electron chi connectivity index (χ1n) is 7.20. The van der Waals surface area contributed by atoms with Gasteiger partial charge in [-0.15, -0.1) is 0 Å². The van der Waals surface area contributed by atoms with Gasteiger partial charge in [0, 0.05) is 23.5 Å². The maximum Gasteiger partial charge on any atom is 0.0426 e. The monoisotopic (exact) mass is 246 g/mol. The molecule has 1 saturated carbocycles. The zero-order valence-electron chi connectivity index (χ0n) is 12.4. The summed E-state index contributed by atoms with van der Waals surface area (Å²) < 4.78 is 0. The fourth-order valence-electron chi connectivity index (χ4n) is 3.24. The van der Waals surface area contributed by atoms with Crippen molar-refractivity contribution in [3.8, 4) is 0 Å². The van der Waals surface area contributed by atoms with Crippen LogP contribution in [0.3, 0.4) is 0 Å². The first-order chi connectivity index (χ1) is 8.49. The molecule has 0 radical (unpaired) electrons. The maximum atomic E-state index is 4.60. The van der Waals surface area contributed by atoms with Crippen LogP contribution in [0.5, 0.6) is 0 Å². The standard InChI is InChI=1S/C16H26N2/c1-10-9-11(2)17-13(4)16(10)14(5)18-12(3)15-7-6-8-15/h9,12,14-15,18H,6-8H2,1-5H3. The molecule has 1 aromatic heterocycles. The molecule has 1 N–H and O–H groups in total. The molecule has 0 spiro atoms. The molecular formula is C16H26N2. The third-order valence-electron chi connectivity index (χ3n) is 4.39. The van der Waals surface area contributed by atoms with Crippen LogP contribution < -0.4 is 5.32 Å². The van der Waals surface area contributed by atoms with Crippen LogP contribution in [0.4, 0.5) is 0 Å². The van der Waals surface area contributed by atoms with Gasteiger partial charge < -0.3 is 5.32 Å². The second-order valence-corrected chi connectivity index (χ2v) is 5.95. The highest BCUT2D eigenvalue weighted by molar-refractivity contribution is 5.33. The fourth-order valence-corrected chi connectivity index (χ4v) is 3.24. The van der Waals surface area contributed by atoms with Crippen LogP contribution >= 0.6 is 0 Å². The largest absolute Gasteiger partial charge is 0.307 e. The normalized spacial score (nSPS) is 19.4. The smallest absolute Gasteiger partial charge is 0.0426 e. The topological polar surface area (TPSA) is 24.9 Å². The Bertz CT molecular complexity index is 398. The molecule has 100 valence electrons. The molecule has 1 fully saturated rings. The van der Waals surface area contributed by atoms with E-state index >= 15 is 0 Å². The van der Waals surface area contributed by atoms with Crippen molar-refractivity contribution in [2.45, 2.75) is 66.0 Å². The van der Waals surface area contributed by atoms with E-state index in [1.807, 2.05) is 0 Å². The molecule has 18 heavy (non-hydrogen) atoms. The highest BCUT2D eigenvalue weighted by atomic mass is 15.0. The third kappa shape index (κ3) is 2.74. The number of aryl methyl sites for hydroxylation is 3. The van der Waals surface area contributed by atoms with Crippen LogP contribution in [-0.2, 0) is 0 Å². The molecule has 1 heterocycles. The zero-order valence-corrected chi connectivity index (χ0v) is 12.4. The van der Waals surface area contributed by atoms with Crippen molar-refractivity contribution in [1.29, 1.82) is 0 Å². The van der Waals surface area contributed by atoms with Gasteiger partial charge in [-0.05, 0) is 70.6 Å². The van der Waals surface area contributed by atoms with Crippen LogP contribution in [0.15, 0.2) is 6.07 Å². The minimum absolute atomic E-state index is 0.397. The van der Waals surface area contributed by atoms with Crippen LogP contribution in [0.1, 0.15) is 61.7 Å². The van der Waals surface area contributed by atoms with E-state index in [4.69, 9.17) is 0 Å². The molecule has 1 aliphatic rings. The lowest BCUT2D eigenvalue weighted by Crippen LogP contribution is -2.38. The maximum absolute atomic E-state index is 4.60. The zero-order chi connectivity index (χ0) is 13.3. The number of hydrogen-bond acceptors (Lipinski definition) is 2. The highest BCUT2D eigenvalue weighted by Gasteiger charge is 2.25. The molecule has 0 bridgehead atoms. The summed E-state index contributed by atoms with van der Waals surface area (Å²) in [5.41, 5.74) is 5.04. The number of rotatable bonds is 4. The van der Waals surface area contributed by atoms with E-state index < -0.39 is 0 Å². The number of nitrogens with zero attached hydrogens (tertiary/aromatic N) is 1. The molecular weight excluding hydrogens is 220 g/mol. The first kappa shape index (κ1) is 13.5. The van der Waals surface area contributed by atoms with Crippen molar-refractivity contribution < 1.29 is 0 Å². The second-order valence-electron chi connectivity index (χ2n) is 5.95. The van der Waals surface area contributed by atoms with E-state index in [1.165, 1.54) is 36.1 Å². The van der Waals surface area contributed by atoms with E-state index in [2.05, 4.69) is 51.0 Å². The Hall–Kier alpha value is -0.890. The lowest BCUT2D eigenvalue weighted by molar-refractivity contribution is 0.229. The quantitative estimate of drug-likeness (QED) is 0.873. The van der Waals surface area contributed by atoms with Crippen LogP contribution in [0.2, 0.25) is 0 Å². The van der Waals surface area contributed by atoms with Gasteiger partial charge in [-0.25, -0.2) is 0 Å². The second kappa shape index (κ2) is 5.40. The molecule has 2 nitrogen and oxygen atoms in total. The van der Waals surface area contributed by atoms with Crippen molar-refractivity contribution in [1.82, 2.24) is 10.3 Å². The molecule has 0 amide bonds. The van der Waals surface area contributed by atoms with Gasteiger partial charge in [0.2, 0.25) is 0 Å². The van der Waals surface area contributed by atoms with E-state index in [9.17, 15) is 0 Å². The minimum Gasteiger partial charge on any atom is -0.307 e. The lowest BCUT2D eigenvalue weighted by Gasteiger charge is -2.34. The number of hydrogen-bond donors (Lipinski definition) is 1. The van der Waals surface area contributed by atoms with Crippen molar-refractivity contribution in [2.75, 3.05) is 0 Å². The number of pyridine rings is 1. The van der Waals surface area contributed by atoms with Crippen LogP contribution in [0, 0.1) is 26.7 Å². The molecule has 0 aromatic carbocycles. The van der Waals surface area contributed by atoms with Gasteiger partial charge in [-0.3, -0.25) is 4.98 Å². The van der Waals surface area contributed by atoms with Gasteiger partial charge in [0.1, 0.15) is 0 Å². The molecule has 0 aliphatic heterocycles. The lowest BCUT2D eigenvalue weighted by atomic mass is 9.80. The summed E-state index contributed by atoms with van der Waals surface area (Å²) >= 11 is 0. The first-order valence-corrected chi connectivity index (χ1v) is 7.20.